The zero-order valence-corrected chi connectivity index (χ0v) is 13.5. The van der Waals surface area contributed by atoms with Crippen molar-refractivity contribution < 1.29 is 14.7 Å². The third kappa shape index (κ3) is 3.25. The average Bonchev–Trinajstić information content (AvgIpc) is 2.55. The fourth-order valence-corrected chi connectivity index (χ4v) is 3.08. The zero-order valence-electron chi connectivity index (χ0n) is 13.5. The molecular formula is C19H20N2O3. The molecule has 24 heavy (non-hydrogen) atoms. The SMILES string of the molecule is Cc1ccccc1[C@H]1C(=O)NCCN1C(=O)Cc1cccc(O)c1. The Labute approximate surface area is 140 Å². The molecule has 0 aliphatic carbocycles. The second kappa shape index (κ2) is 6.74. The second-order valence-corrected chi connectivity index (χ2v) is 5.98. The number of hydrogen-bond donors (Lipinski definition) is 2. The van der Waals surface area contributed by atoms with E-state index in [0.29, 0.717) is 13.1 Å². The molecule has 2 aromatic rings. The van der Waals surface area contributed by atoms with Gasteiger partial charge in [0.25, 0.3) is 0 Å². The number of carbonyl (C=O) groups excluding carboxylic acids is 2. The Hall–Kier alpha value is -2.82. The van der Waals surface area contributed by atoms with E-state index in [1.54, 1.807) is 29.2 Å². The van der Waals surface area contributed by atoms with Crippen LogP contribution < -0.4 is 5.32 Å². The Balaban J connectivity index is 1.87. The first-order chi connectivity index (χ1) is 11.6. The van der Waals surface area contributed by atoms with Gasteiger partial charge in [0.2, 0.25) is 11.8 Å². The maximum atomic E-state index is 12.8. The predicted molar refractivity (Wildman–Crippen MR) is 90.5 cm³/mol. The van der Waals surface area contributed by atoms with E-state index in [1.807, 2.05) is 31.2 Å². The fourth-order valence-electron chi connectivity index (χ4n) is 3.08. The summed E-state index contributed by atoms with van der Waals surface area (Å²) in [6, 6.07) is 13.7. The zero-order chi connectivity index (χ0) is 17.1. The summed E-state index contributed by atoms with van der Waals surface area (Å²) in [6.07, 6.45) is 0.157. The van der Waals surface area contributed by atoms with Crippen molar-refractivity contribution in [2.45, 2.75) is 19.4 Å². The molecule has 5 heteroatoms. The lowest BCUT2D eigenvalue weighted by molar-refractivity contribution is -0.143. The Morgan fingerprint density at radius 1 is 1.25 bits per heavy atom. The van der Waals surface area contributed by atoms with E-state index >= 15 is 0 Å². The molecule has 5 nitrogen and oxygen atoms in total. The number of aromatic hydroxyl groups is 1. The number of piperazine rings is 1. The summed E-state index contributed by atoms with van der Waals surface area (Å²) in [4.78, 5) is 26.8. The van der Waals surface area contributed by atoms with E-state index in [9.17, 15) is 14.7 Å². The minimum absolute atomic E-state index is 0.122. The molecule has 1 atom stereocenters. The number of amides is 2. The van der Waals surface area contributed by atoms with Crippen molar-refractivity contribution in [2.75, 3.05) is 13.1 Å². The molecule has 1 fully saturated rings. The van der Waals surface area contributed by atoms with Gasteiger partial charge in [-0.15, -0.1) is 0 Å². The van der Waals surface area contributed by atoms with Gasteiger partial charge in [0.05, 0.1) is 6.42 Å². The number of rotatable bonds is 3. The largest absolute Gasteiger partial charge is 0.508 e. The van der Waals surface area contributed by atoms with Crippen LogP contribution in [0.2, 0.25) is 0 Å². The summed E-state index contributed by atoms with van der Waals surface area (Å²) in [7, 11) is 0. The topological polar surface area (TPSA) is 69.6 Å². The van der Waals surface area contributed by atoms with E-state index in [1.165, 1.54) is 0 Å². The molecule has 2 N–H and O–H groups in total. The summed E-state index contributed by atoms with van der Waals surface area (Å²) >= 11 is 0. The number of aryl methyl sites for hydroxylation is 1. The second-order valence-electron chi connectivity index (χ2n) is 5.98. The smallest absolute Gasteiger partial charge is 0.247 e. The number of phenols is 1. The van der Waals surface area contributed by atoms with Crippen LogP contribution in [0.5, 0.6) is 5.75 Å². The number of hydrogen-bond acceptors (Lipinski definition) is 3. The Kier molecular flexibility index (Phi) is 4.51. The van der Waals surface area contributed by atoms with Crippen LogP contribution in [-0.4, -0.2) is 34.9 Å². The van der Waals surface area contributed by atoms with Crippen LogP contribution in [0.4, 0.5) is 0 Å². The summed E-state index contributed by atoms with van der Waals surface area (Å²) in [5, 5.41) is 12.4. The number of phenolic OH excluding ortho intramolecular Hbond substituents is 1. The average molecular weight is 324 g/mol. The predicted octanol–water partition coefficient (Wildman–Crippen LogP) is 1.94. The van der Waals surface area contributed by atoms with Crippen LogP contribution in [0.15, 0.2) is 48.5 Å². The number of nitrogens with zero attached hydrogens (tertiary/aromatic N) is 1. The highest BCUT2D eigenvalue weighted by molar-refractivity contribution is 5.90. The standard InChI is InChI=1S/C19H20N2O3/c1-13-5-2-3-8-16(13)18-19(24)20-9-10-21(18)17(23)12-14-6-4-7-15(22)11-14/h2-8,11,18,22H,9-10,12H2,1H3,(H,20,24)/t18-/m0/s1. The van der Waals surface area contributed by atoms with Crippen LogP contribution in [-0.2, 0) is 16.0 Å². The van der Waals surface area contributed by atoms with Crippen molar-refractivity contribution in [2.24, 2.45) is 0 Å². The van der Waals surface area contributed by atoms with Gasteiger partial charge >= 0.3 is 0 Å². The Bertz CT molecular complexity index is 773. The maximum absolute atomic E-state index is 12.8. The van der Waals surface area contributed by atoms with Crippen molar-refractivity contribution >= 4 is 11.8 Å². The van der Waals surface area contributed by atoms with E-state index in [0.717, 1.165) is 16.7 Å². The molecule has 0 saturated carbocycles. The molecule has 124 valence electrons. The lowest BCUT2D eigenvalue weighted by Crippen LogP contribution is -2.52. The number of nitrogens with one attached hydrogen (secondary N) is 1. The summed E-state index contributed by atoms with van der Waals surface area (Å²) in [5.41, 5.74) is 2.56. The van der Waals surface area contributed by atoms with Gasteiger partial charge in [0.15, 0.2) is 0 Å². The molecule has 0 radical (unpaired) electrons. The van der Waals surface area contributed by atoms with Crippen molar-refractivity contribution in [1.29, 1.82) is 0 Å². The van der Waals surface area contributed by atoms with Crippen molar-refractivity contribution in [1.82, 2.24) is 10.2 Å². The van der Waals surface area contributed by atoms with Gasteiger partial charge in [0, 0.05) is 13.1 Å². The van der Waals surface area contributed by atoms with Crippen LogP contribution in [0, 0.1) is 6.92 Å². The Morgan fingerprint density at radius 3 is 2.79 bits per heavy atom. The van der Waals surface area contributed by atoms with Gasteiger partial charge in [-0.1, -0.05) is 36.4 Å². The summed E-state index contributed by atoms with van der Waals surface area (Å²) in [6.45, 7) is 2.87. The van der Waals surface area contributed by atoms with Crippen molar-refractivity contribution in [3.05, 3.63) is 65.2 Å². The quantitative estimate of drug-likeness (QED) is 0.906. The number of carbonyl (C=O) groups is 2. The Morgan fingerprint density at radius 2 is 2.04 bits per heavy atom. The highest BCUT2D eigenvalue weighted by Gasteiger charge is 2.34. The minimum atomic E-state index is -0.607. The molecule has 1 aliphatic heterocycles. The van der Waals surface area contributed by atoms with Gasteiger partial charge in [0.1, 0.15) is 11.8 Å². The van der Waals surface area contributed by atoms with Gasteiger partial charge in [-0.05, 0) is 35.7 Å². The highest BCUT2D eigenvalue weighted by Crippen LogP contribution is 2.27. The van der Waals surface area contributed by atoms with E-state index in [4.69, 9.17) is 0 Å². The van der Waals surface area contributed by atoms with Gasteiger partial charge in [-0.2, -0.15) is 0 Å². The normalized spacial score (nSPS) is 17.5. The van der Waals surface area contributed by atoms with Crippen LogP contribution in [0.25, 0.3) is 0 Å². The lowest BCUT2D eigenvalue weighted by Gasteiger charge is -2.36. The molecular weight excluding hydrogens is 304 g/mol. The van der Waals surface area contributed by atoms with Gasteiger partial charge < -0.3 is 15.3 Å². The summed E-state index contributed by atoms with van der Waals surface area (Å²) < 4.78 is 0. The molecule has 2 aromatic carbocycles. The number of benzene rings is 2. The molecule has 0 bridgehead atoms. The first-order valence-corrected chi connectivity index (χ1v) is 7.97. The molecule has 1 aliphatic rings. The van der Waals surface area contributed by atoms with Crippen LogP contribution in [0.3, 0.4) is 0 Å². The fraction of sp³-hybridized carbons (Fsp3) is 0.263. The monoisotopic (exact) mass is 324 g/mol. The molecule has 3 rings (SSSR count). The molecule has 0 spiro atoms. The first-order valence-electron chi connectivity index (χ1n) is 7.97. The van der Waals surface area contributed by atoms with Crippen LogP contribution >= 0.6 is 0 Å². The summed E-state index contributed by atoms with van der Waals surface area (Å²) in [5.74, 6) is -0.143. The third-order valence-corrected chi connectivity index (χ3v) is 4.28. The van der Waals surface area contributed by atoms with Gasteiger partial charge in [-0.25, -0.2) is 0 Å². The molecule has 0 aromatic heterocycles. The van der Waals surface area contributed by atoms with E-state index in [-0.39, 0.29) is 24.0 Å². The van der Waals surface area contributed by atoms with Gasteiger partial charge in [-0.3, -0.25) is 9.59 Å². The van der Waals surface area contributed by atoms with Crippen LogP contribution in [0.1, 0.15) is 22.7 Å². The van der Waals surface area contributed by atoms with E-state index in [2.05, 4.69) is 5.32 Å². The van der Waals surface area contributed by atoms with Crippen molar-refractivity contribution in [3.8, 4) is 5.75 Å². The highest BCUT2D eigenvalue weighted by atomic mass is 16.3. The maximum Gasteiger partial charge on any atom is 0.247 e. The molecule has 1 saturated heterocycles. The molecule has 2 amide bonds. The molecule has 1 heterocycles. The first kappa shape index (κ1) is 16.1. The lowest BCUT2D eigenvalue weighted by atomic mass is 9.97. The minimum Gasteiger partial charge on any atom is -0.508 e. The molecule has 0 unspecified atom stereocenters. The van der Waals surface area contributed by atoms with Crippen molar-refractivity contribution in [3.63, 3.8) is 0 Å². The van der Waals surface area contributed by atoms with E-state index < -0.39 is 6.04 Å². The third-order valence-electron chi connectivity index (χ3n) is 4.28.